The largest absolute Gasteiger partial charge is 0.481 e. The van der Waals surface area contributed by atoms with Crippen LogP contribution in [0.2, 0.25) is 0 Å². The number of carbonyl (C=O) groups excluding carboxylic acids is 3. The minimum Gasteiger partial charge on any atom is -0.481 e. The van der Waals surface area contributed by atoms with Crippen molar-refractivity contribution in [3.8, 4) is 0 Å². The van der Waals surface area contributed by atoms with Crippen molar-refractivity contribution >= 4 is 23.7 Å². The van der Waals surface area contributed by atoms with E-state index in [9.17, 15) is 24.3 Å². The molecule has 5 rings (SSSR count). The molecule has 4 aliphatic rings. The first-order valence-corrected chi connectivity index (χ1v) is 12.3. The molecule has 4 heterocycles. The van der Waals surface area contributed by atoms with Crippen molar-refractivity contribution in [3.05, 3.63) is 34.9 Å². The van der Waals surface area contributed by atoms with Gasteiger partial charge in [-0.2, -0.15) is 0 Å². The van der Waals surface area contributed by atoms with Crippen LogP contribution in [0.1, 0.15) is 60.0 Å². The molecule has 0 bridgehead atoms. The van der Waals surface area contributed by atoms with Crippen LogP contribution in [-0.4, -0.2) is 81.8 Å². The van der Waals surface area contributed by atoms with Crippen molar-refractivity contribution in [2.24, 2.45) is 5.92 Å². The summed E-state index contributed by atoms with van der Waals surface area (Å²) in [6.45, 7) is 4.99. The molecule has 3 amide bonds. The van der Waals surface area contributed by atoms with Gasteiger partial charge >= 0.3 is 5.97 Å². The van der Waals surface area contributed by atoms with E-state index in [2.05, 4.69) is 21.2 Å². The predicted octanol–water partition coefficient (Wildman–Crippen LogP) is 1.21. The molecule has 4 aliphatic heterocycles. The van der Waals surface area contributed by atoms with Crippen LogP contribution in [0.25, 0.3) is 0 Å². The predicted molar refractivity (Wildman–Crippen MR) is 123 cm³/mol. The highest BCUT2D eigenvalue weighted by Crippen LogP contribution is 2.29. The second kappa shape index (κ2) is 9.46. The zero-order valence-electron chi connectivity index (χ0n) is 19.4. The Morgan fingerprint density at radius 1 is 1.00 bits per heavy atom. The van der Waals surface area contributed by atoms with Crippen molar-refractivity contribution in [2.45, 2.75) is 63.7 Å². The number of likely N-dealkylation sites (tertiary alicyclic amines) is 2. The number of piperidine rings is 3. The molecular formula is C25H32N4O5. The smallest absolute Gasteiger partial charge is 0.306 e. The summed E-state index contributed by atoms with van der Waals surface area (Å²) >= 11 is 0. The van der Waals surface area contributed by atoms with Gasteiger partial charge in [0.15, 0.2) is 0 Å². The van der Waals surface area contributed by atoms with Gasteiger partial charge in [0.1, 0.15) is 6.04 Å². The van der Waals surface area contributed by atoms with Gasteiger partial charge in [-0.25, -0.2) is 0 Å². The molecule has 1 aromatic rings. The molecule has 9 nitrogen and oxygen atoms in total. The van der Waals surface area contributed by atoms with Gasteiger partial charge < -0.3 is 14.9 Å². The summed E-state index contributed by atoms with van der Waals surface area (Å²) in [6, 6.07) is 5.92. The normalized spacial score (nSPS) is 25.5. The zero-order valence-corrected chi connectivity index (χ0v) is 19.4. The summed E-state index contributed by atoms with van der Waals surface area (Å²) in [5.74, 6) is -1.64. The molecule has 0 aliphatic carbocycles. The summed E-state index contributed by atoms with van der Waals surface area (Å²) < 4.78 is 0. The molecule has 2 N–H and O–H groups in total. The van der Waals surface area contributed by atoms with Gasteiger partial charge in [-0.3, -0.25) is 29.4 Å². The van der Waals surface area contributed by atoms with Gasteiger partial charge in [0.05, 0.1) is 5.92 Å². The average Bonchev–Trinajstić information content (AvgIpc) is 3.15. The fourth-order valence-electron chi connectivity index (χ4n) is 5.94. The minimum atomic E-state index is -0.661. The third-order valence-corrected chi connectivity index (χ3v) is 7.95. The second-order valence-corrected chi connectivity index (χ2v) is 10.0. The third kappa shape index (κ3) is 4.59. The standard InChI is InChI=1S/C25H32N4O5/c30-22-4-3-21(23(31)26-22)29-15-18-13-16(1-2-20(18)24(29)32)14-27-9-7-19(8-10-27)28-11-5-17(6-12-28)25(33)34/h1-2,13,17,19,21H,3-12,14-15H2,(H,33,34)(H,26,30,31). The fourth-order valence-corrected chi connectivity index (χ4v) is 5.94. The van der Waals surface area contributed by atoms with E-state index in [1.54, 1.807) is 4.90 Å². The average molecular weight is 469 g/mol. The number of fused-ring (bicyclic) bond motifs is 1. The molecule has 3 saturated heterocycles. The lowest BCUT2D eigenvalue weighted by molar-refractivity contribution is -0.143. The number of nitrogens with zero attached hydrogens (tertiary/aromatic N) is 3. The molecule has 0 spiro atoms. The van der Waals surface area contributed by atoms with Crippen LogP contribution in [0.15, 0.2) is 18.2 Å². The quantitative estimate of drug-likeness (QED) is 0.625. The number of rotatable bonds is 5. The molecule has 1 aromatic carbocycles. The molecule has 0 aromatic heterocycles. The first-order valence-electron chi connectivity index (χ1n) is 12.3. The van der Waals surface area contributed by atoms with Gasteiger partial charge in [0.25, 0.3) is 5.91 Å². The van der Waals surface area contributed by atoms with E-state index < -0.39 is 12.0 Å². The monoisotopic (exact) mass is 468 g/mol. The Bertz CT molecular complexity index is 995. The Labute approximate surface area is 199 Å². The Morgan fingerprint density at radius 2 is 1.74 bits per heavy atom. The van der Waals surface area contributed by atoms with Crippen LogP contribution in [0, 0.1) is 5.92 Å². The van der Waals surface area contributed by atoms with Gasteiger partial charge in [0, 0.05) is 31.1 Å². The maximum Gasteiger partial charge on any atom is 0.306 e. The molecule has 3 fully saturated rings. The van der Waals surface area contributed by atoms with Gasteiger partial charge in [-0.1, -0.05) is 12.1 Å². The maximum atomic E-state index is 12.9. The number of nitrogens with one attached hydrogen (secondary N) is 1. The summed E-state index contributed by atoms with van der Waals surface area (Å²) in [5, 5.41) is 11.6. The number of aliphatic carboxylic acids is 1. The van der Waals surface area contributed by atoms with Gasteiger partial charge in [-0.15, -0.1) is 0 Å². The SMILES string of the molecule is O=C1CCC(N2Cc3cc(CN4CCC(N5CCC(C(=O)O)CC5)CC4)ccc3C2=O)C(=O)N1. The molecular weight excluding hydrogens is 436 g/mol. The van der Waals surface area contributed by atoms with Crippen molar-refractivity contribution in [2.75, 3.05) is 26.2 Å². The summed E-state index contributed by atoms with van der Waals surface area (Å²) in [5.41, 5.74) is 2.76. The molecule has 1 atom stereocenters. The molecule has 34 heavy (non-hydrogen) atoms. The van der Waals surface area contributed by atoms with Crippen LogP contribution in [0.5, 0.6) is 0 Å². The molecule has 182 valence electrons. The van der Waals surface area contributed by atoms with Crippen molar-refractivity contribution in [1.29, 1.82) is 0 Å². The minimum absolute atomic E-state index is 0.136. The topological polar surface area (TPSA) is 110 Å². The van der Waals surface area contributed by atoms with E-state index >= 15 is 0 Å². The van der Waals surface area contributed by atoms with Crippen molar-refractivity contribution < 1.29 is 24.3 Å². The van der Waals surface area contributed by atoms with Crippen molar-refractivity contribution in [1.82, 2.24) is 20.0 Å². The summed E-state index contributed by atoms with van der Waals surface area (Å²) in [4.78, 5) is 54.3. The Balaban J connectivity index is 1.14. The number of hydrogen-bond acceptors (Lipinski definition) is 6. The van der Waals surface area contributed by atoms with E-state index in [1.807, 2.05) is 12.1 Å². The maximum absolute atomic E-state index is 12.9. The number of hydrogen-bond donors (Lipinski definition) is 2. The van der Waals surface area contributed by atoms with Crippen molar-refractivity contribution in [3.63, 3.8) is 0 Å². The second-order valence-electron chi connectivity index (χ2n) is 10.0. The number of carboxylic acid groups (broad SMARTS) is 1. The van der Waals surface area contributed by atoms with E-state index in [0.717, 1.165) is 69.5 Å². The fraction of sp³-hybridized carbons (Fsp3) is 0.600. The van der Waals surface area contributed by atoms with Gasteiger partial charge in [0.2, 0.25) is 11.8 Å². The highest BCUT2D eigenvalue weighted by atomic mass is 16.4. The van der Waals surface area contributed by atoms with E-state index in [4.69, 9.17) is 0 Å². The number of carbonyl (C=O) groups is 4. The first-order chi connectivity index (χ1) is 16.4. The Morgan fingerprint density at radius 3 is 2.41 bits per heavy atom. The van der Waals surface area contributed by atoms with Gasteiger partial charge in [-0.05, 0) is 75.5 Å². The lowest BCUT2D eigenvalue weighted by atomic mass is 9.93. The zero-order chi connectivity index (χ0) is 23.8. The molecule has 1 unspecified atom stereocenters. The summed E-state index contributed by atoms with van der Waals surface area (Å²) in [7, 11) is 0. The Kier molecular flexibility index (Phi) is 6.40. The first kappa shape index (κ1) is 23.0. The van der Waals surface area contributed by atoms with E-state index in [1.165, 1.54) is 0 Å². The van der Waals surface area contributed by atoms with E-state index in [-0.39, 0.29) is 30.1 Å². The highest BCUT2D eigenvalue weighted by Gasteiger charge is 2.39. The van der Waals surface area contributed by atoms with Crippen LogP contribution >= 0.6 is 0 Å². The number of amides is 3. The molecule has 9 heteroatoms. The number of imide groups is 1. The van der Waals surface area contributed by atoms with Crippen LogP contribution in [0.3, 0.4) is 0 Å². The number of benzene rings is 1. The van der Waals surface area contributed by atoms with Crippen LogP contribution in [0.4, 0.5) is 0 Å². The lowest BCUT2D eigenvalue weighted by Crippen LogP contribution is -2.52. The van der Waals surface area contributed by atoms with Crippen LogP contribution < -0.4 is 5.32 Å². The van der Waals surface area contributed by atoms with E-state index in [0.29, 0.717) is 24.6 Å². The number of carboxylic acids is 1. The lowest BCUT2D eigenvalue weighted by Gasteiger charge is -2.41. The summed E-state index contributed by atoms with van der Waals surface area (Å²) in [6.07, 6.45) is 4.31. The third-order valence-electron chi connectivity index (χ3n) is 7.95. The Hall–Kier alpha value is -2.78. The van der Waals surface area contributed by atoms with Crippen LogP contribution in [-0.2, 0) is 27.5 Å². The molecule has 0 radical (unpaired) electrons. The highest BCUT2D eigenvalue weighted by molar-refractivity contribution is 6.05. The molecule has 0 saturated carbocycles.